The van der Waals surface area contributed by atoms with Gasteiger partial charge in [-0.25, -0.2) is 19.7 Å². The smallest absolute Gasteiger partial charge is 0.409 e. The molecule has 194 valence electrons. The van der Waals surface area contributed by atoms with Crippen molar-refractivity contribution in [1.29, 1.82) is 5.26 Å². The van der Waals surface area contributed by atoms with Crippen LogP contribution in [-0.2, 0) is 12.8 Å². The summed E-state index contributed by atoms with van der Waals surface area (Å²) in [5, 5.41) is 10.6. The minimum atomic E-state index is -0.924. The Bertz CT molecular complexity index is 1840. The molecule has 0 fully saturated rings. The molecule has 9 nitrogen and oxygen atoms in total. The monoisotopic (exact) mass is 537 g/mol. The van der Waals surface area contributed by atoms with Gasteiger partial charge < -0.3 is 19.9 Å². The summed E-state index contributed by atoms with van der Waals surface area (Å²) in [6.07, 6.45) is 1.84. The van der Waals surface area contributed by atoms with Crippen LogP contribution >= 0.6 is 11.3 Å². The van der Waals surface area contributed by atoms with Gasteiger partial charge in [0.2, 0.25) is 5.88 Å². The number of nitrogens with two attached hydrogens (primary N) is 1. The summed E-state index contributed by atoms with van der Waals surface area (Å²) < 4.78 is 17.7. The normalized spacial score (nSPS) is 16.1. The van der Waals surface area contributed by atoms with E-state index in [0.29, 0.717) is 24.3 Å². The summed E-state index contributed by atoms with van der Waals surface area (Å²) in [7, 11) is 1.57. The number of carbonyl (C=O) groups excluding carboxylic acids is 1. The zero-order valence-corrected chi connectivity index (χ0v) is 22.3. The fourth-order valence-electron chi connectivity index (χ4n) is 5.09. The van der Waals surface area contributed by atoms with E-state index in [-0.39, 0.29) is 5.75 Å². The lowest BCUT2D eigenvalue weighted by molar-refractivity contribution is 0.116. The molecule has 1 atom stereocenters. The highest BCUT2D eigenvalue weighted by Crippen LogP contribution is 2.45. The average Bonchev–Trinajstić information content (AvgIpc) is 3.49. The largest absolute Gasteiger partial charge is 0.487 e. The van der Waals surface area contributed by atoms with E-state index in [1.165, 1.54) is 6.07 Å². The van der Waals surface area contributed by atoms with Gasteiger partial charge in [-0.2, -0.15) is 5.26 Å². The molecular weight excluding hydrogens is 514 g/mol. The molecule has 0 spiro atoms. The molecule has 5 aromatic rings. The number of methoxy groups -OCH3 is 1. The van der Waals surface area contributed by atoms with Gasteiger partial charge in [-0.15, -0.1) is 11.3 Å². The zero-order chi connectivity index (χ0) is 27.3. The van der Waals surface area contributed by atoms with Crippen LogP contribution in [0.25, 0.3) is 31.8 Å². The van der Waals surface area contributed by atoms with Crippen molar-refractivity contribution in [2.24, 2.45) is 5.73 Å². The number of nitriles is 1. The molecule has 2 aromatic heterocycles. The van der Waals surface area contributed by atoms with Gasteiger partial charge in [-0.3, -0.25) is 0 Å². The first-order chi connectivity index (χ1) is 18.7. The molecule has 3 aromatic carbocycles. The van der Waals surface area contributed by atoms with Crippen molar-refractivity contribution in [3.63, 3.8) is 0 Å². The maximum Gasteiger partial charge on any atom is 0.409 e. The predicted octanol–water partition coefficient (Wildman–Crippen LogP) is 5.49. The number of aromatic nitrogens is 3. The summed E-state index contributed by atoms with van der Waals surface area (Å²) in [5.74, 6) is 1.51. The third kappa shape index (κ3) is 4.47. The Morgan fingerprint density at radius 2 is 2.05 bits per heavy atom. The number of nitrogens with zero attached hydrogens (tertiary/aromatic N) is 4. The van der Waals surface area contributed by atoms with Crippen LogP contribution in [0.4, 0.5) is 4.79 Å². The Labute approximate surface area is 227 Å². The van der Waals surface area contributed by atoms with E-state index in [4.69, 9.17) is 24.9 Å². The molecule has 0 bridgehead atoms. The number of hydrogen-bond donors (Lipinski definition) is 1. The average molecular weight is 538 g/mol. The molecule has 6 rings (SSSR count). The second-order valence-electron chi connectivity index (χ2n) is 9.76. The minimum Gasteiger partial charge on any atom is -0.487 e. The standard InChI is InChI=1S/C29H23N5O4S/c1-15-8-19(25-22(9-15)33-24(36-3)14-32-25)27-34-21-6-7-23-20(26(21)39-27)12-29(2,38-23)11-16-4-5-18(37-28(31)35)10-17(16)13-30/h4-10,14H,11-12H2,1-3H3,(H2,31,35)/t29-/m1/s1. The molecule has 3 heterocycles. The van der Waals surface area contributed by atoms with Crippen molar-refractivity contribution in [2.75, 3.05) is 7.11 Å². The topological polar surface area (TPSA) is 133 Å². The van der Waals surface area contributed by atoms with E-state index < -0.39 is 11.7 Å². The second-order valence-corrected chi connectivity index (χ2v) is 10.8. The lowest BCUT2D eigenvalue weighted by atomic mass is 9.89. The Morgan fingerprint density at radius 1 is 1.21 bits per heavy atom. The van der Waals surface area contributed by atoms with Gasteiger partial charge >= 0.3 is 6.09 Å². The van der Waals surface area contributed by atoms with Gasteiger partial charge in [0, 0.05) is 24.0 Å². The molecule has 0 unspecified atom stereocenters. The van der Waals surface area contributed by atoms with Crippen LogP contribution in [0.3, 0.4) is 0 Å². The van der Waals surface area contributed by atoms with Crippen LogP contribution in [0, 0.1) is 18.3 Å². The van der Waals surface area contributed by atoms with Crippen LogP contribution in [0.2, 0.25) is 0 Å². The number of benzene rings is 3. The molecule has 1 amide bonds. The molecule has 1 aliphatic rings. The van der Waals surface area contributed by atoms with Gasteiger partial charge in [0.15, 0.2) is 0 Å². The van der Waals surface area contributed by atoms with E-state index >= 15 is 0 Å². The summed E-state index contributed by atoms with van der Waals surface area (Å²) in [4.78, 5) is 25.2. The number of rotatable bonds is 5. The molecule has 1 aliphatic heterocycles. The van der Waals surface area contributed by atoms with Gasteiger partial charge in [0.1, 0.15) is 22.1 Å². The van der Waals surface area contributed by atoms with E-state index in [2.05, 4.69) is 22.1 Å². The highest BCUT2D eigenvalue weighted by Gasteiger charge is 2.37. The first-order valence-corrected chi connectivity index (χ1v) is 13.0. The van der Waals surface area contributed by atoms with Crippen LogP contribution < -0.4 is 19.9 Å². The van der Waals surface area contributed by atoms with Crippen molar-refractivity contribution in [2.45, 2.75) is 32.3 Å². The Balaban J connectivity index is 1.35. The van der Waals surface area contributed by atoms with Crippen LogP contribution in [-0.4, -0.2) is 33.8 Å². The van der Waals surface area contributed by atoms with Crippen molar-refractivity contribution in [3.8, 4) is 34.0 Å². The lowest BCUT2D eigenvalue weighted by Crippen LogP contribution is -2.33. The Hall–Kier alpha value is -4.75. The highest BCUT2D eigenvalue weighted by atomic mass is 32.1. The van der Waals surface area contributed by atoms with Crippen LogP contribution in [0.5, 0.6) is 17.4 Å². The number of thiazole rings is 1. The summed E-state index contributed by atoms with van der Waals surface area (Å²) in [6.45, 7) is 4.06. The maximum atomic E-state index is 11.1. The Morgan fingerprint density at radius 3 is 2.82 bits per heavy atom. The number of carbonyl (C=O) groups is 1. The number of amides is 1. The number of hydrogen-bond acceptors (Lipinski definition) is 9. The van der Waals surface area contributed by atoms with Gasteiger partial charge in [0.25, 0.3) is 0 Å². The minimum absolute atomic E-state index is 0.231. The van der Waals surface area contributed by atoms with Crippen molar-refractivity contribution < 1.29 is 19.0 Å². The van der Waals surface area contributed by atoms with E-state index in [9.17, 15) is 10.1 Å². The van der Waals surface area contributed by atoms with Crippen molar-refractivity contribution in [1.82, 2.24) is 15.0 Å². The maximum absolute atomic E-state index is 11.1. The number of ether oxygens (including phenoxy) is 3. The van der Waals surface area contributed by atoms with Crippen LogP contribution in [0.15, 0.2) is 48.7 Å². The van der Waals surface area contributed by atoms with Gasteiger partial charge in [-0.05, 0) is 61.4 Å². The molecule has 0 saturated heterocycles. The molecule has 10 heteroatoms. The van der Waals surface area contributed by atoms with Crippen LogP contribution in [0.1, 0.15) is 29.2 Å². The second kappa shape index (κ2) is 9.22. The third-order valence-electron chi connectivity index (χ3n) is 6.72. The Kier molecular flexibility index (Phi) is 5.81. The first kappa shape index (κ1) is 24.6. The first-order valence-electron chi connectivity index (χ1n) is 12.2. The molecule has 0 saturated carbocycles. The molecule has 39 heavy (non-hydrogen) atoms. The lowest BCUT2D eigenvalue weighted by Gasteiger charge is -2.24. The molecule has 0 radical (unpaired) electrons. The van der Waals surface area contributed by atoms with E-state index in [0.717, 1.165) is 54.3 Å². The molecule has 0 aliphatic carbocycles. The van der Waals surface area contributed by atoms with Gasteiger partial charge in [-0.1, -0.05) is 6.07 Å². The number of aryl methyl sites for hydroxylation is 1. The van der Waals surface area contributed by atoms with Crippen molar-refractivity contribution in [3.05, 3.63) is 70.9 Å². The quantitative estimate of drug-likeness (QED) is 0.311. The fraction of sp³-hybridized carbons (Fsp3) is 0.207. The number of fused-ring (bicyclic) bond motifs is 4. The van der Waals surface area contributed by atoms with Gasteiger partial charge in [0.05, 0.1) is 46.2 Å². The third-order valence-corrected chi connectivity index (χ3v) is 7.88. The number of primary amides is 1. The summed E-state index contributed by atoms with van der Waals surface area (Å²) in [6, 6.07) is 15.1. The van der Waals surface area contributed by atoms with E-state index in [1.807, 2.05) is 32.0 Å². The summed E-state index contributed by atoms with van der Waals surface area (Å²) in [5.41, 5.74) is 11.2. The fourth-order valence-corrected chi connectivity index (χ4v) is 6.20. The highest BCUT2D eigenvalue weighted by molar-refractivity contribution is 7.22. The predicted molar refractivity (Wildman–Crippen MR) is 147 cm³/mol. The zero-order valence-electron chi connectivity index (χ0n) is 21.4. The summed E-state index contributed by atoms with van der Waals surface area (Å²) >= 11 is 1.61. The van der Waals surface area contributed by atoms with Crippen molar-refractivity contribution >= 4 is 38.7 Å². The SMILES string of the molecule is COc1cnc2c(-c3nc4ccc5c(c4s3)C[C@@](C)(Cc3ccc(OC(N)=O)cc3C#N)O5)cc(C)cc2n1. The molecule has 2 N–H and O–H groups in total. The molecular formula is C29H23N5O4S. The van der Waals surface area contributed by atoms with E-state index in [1.54, 1.807) is 36.8 Å².